The van der Waals surface area contributed by atoms with E-state index in [1.807, 2.05) is 0 Å². The largest absolute Gasteiger partial charge is 0.433 e. The van der Waals surface area contributed by atoms with E-state index in [1.54, 1.807) is 0 Å². The summed E-state index contributed by atoms with van der Waals surface area (Å²) in [6.45, 7) is 0. The summed E-state index contributed by atoms with van der Waals surface area (Å²) in [4.78, 5) is 12.2. The molecule has 1 amide bonds. The molecule has 10 heteroatoms. The first-order valence-electron chi connectivity index (χ1n) is 7.45. The predicted octanol–water partition coefficient (Wildman–Crippen LogP) is 4.52. The molecule has 3 N–H and O–H groups in total. The number of nitrogens with two attached hydrogens (primary N) is 1. The molecule has 27 heavy (non-hydrogen) atoms. The summed E-state index contributed by atoms with van der Waals surface area (Å²) in [6.07, 6.45) is -4.80. The van der Waals surface area contributed by atoms with E-state index < -0.39 is 23.7 Å². The Morgan fingerprint density at radius 3 is 2.37 bits per heavy atom. The number of carbonyl (C=O) groups excluding carboxylic acids is 1. The smallest absolute Gasteiger partial charge is 0.397 e. The van der Waals surface area contributed by atoms with Gasteiger partial charge < -0.3 is 11.1 Å². The highest BCUT2D eigenvalue weighted by atomic mass is 35.5. The first-order valence-corrected chi connectivity index (χ1v) is 7.82. The summed E-state index contributed by atoms with van der Waals surface area (Å²) in [6, 6.07) is 10.1. The molecule has 0 spiro atoms. The second-order valence-electron chi connectivity index (χ2n) is 5.49. The van der Waals surface area contributed by atoms with Crippen molar-refractivity contribution in [3.05, 3.63) is 70.8 Å². The van der Waals surface area contributed by atoms with Gasteiger partial charge in [-0.2, -0.15) is 17.6 Å². The third-order valence-electron chi connectivity index (χ3n) is 3.60. The van der Waals surface area contributed by atoms with Crippen LogP contribution in [0, 0.1) is 5.95 Å². The SMILES string of the molecule is Nc1cc(-n2nc(F)cc2C(F)(F)F)ccc1NC(=O)c1ccc(Cl)cc1. The van der Waals surface area contributed by atoms with Crippen LogP contribution in [0.2, 0.25) is 5.02 Å². The normalized spacial score (nSPS) is 11.4. The third kappa shape index (κ3) is 4.03. The molecule has 0 aliphatic heterocycles. The van der Waals surface area contributed by atoms with Crippen molar-refractivity contribution in [1.82, 2.24) is 9.78 Å². The van der Waals surface area contributed by atoms with Crippen molar-refractivity contribution in [1.29, 1.82) is 0 Å². The average molecular weight is 399 g/mol. The van der Waals surface area contributed by atoms with Crippen molar-refractivity contribution in [2.24, 2.45) is 0 Å². The van der Waals surface area contributed by atoms with E-state index in [-0.39, 0.29) is 23.1 Å². The van der Waals surface area contributed by atoms with Gasteiger partial charge in [-0.25, -0.2) is 4.68 Å². The molecule has 0 unspecified atom stereocenters. The lowest BCUT2D eigenvalue weighted by Gasteiger charge is -2.13. The van der Waals surface area contributed by atoms with Gasteiger partial charge in [0.15, 0.2) is 5.69 Å². The van der Waals surface area contributed by atoms with Crippen molar-refractivity contribution in [2.45, 2.75) is 6.18 Å². The molecule has 0 saturated carbocycles. The number of hydrogen-bond acceptors (Lipinski definition) is 3. The van der Waals surface area contributed by atoms with Crippen LogP contribution in [0.3, 0.4) is 0 Å². The molecule has 140 valence electrons. The molecule has 5 nitrogen and oxygen atoms in total. The maximum absolute atomic E-state index is 13.2. The van der Waals surface area contributed by atoms with Gasteiger partial charge >= 0.3 is 6.18 Å². The number of aromatic nitrogens is 2. The number of carbonyl (C=O) groups is 1. The number of nitrogens with one attached hydrogen (secondary N) is 1. The number of benzene rings is 2. The van der Waals surface area contributed by atoms with E-state index in [1.165, 1.54) is 36.4 Å². The molecular formula is C17H11ClF4N4O. The lowest BCUT2D eigenvalue weighted by Crippen LogP contribution is -2.15. The minimum atomic E-state index is -4.80. The highest BCUT2D eigenvalue weighted by Crippen LogP contribution is 2.32. The molecular weight excluding hydrogens is 388 g/mol. The van der Waals surface area contributed by atoms with Crippen molar-refractivity contribution in [2.75, 3.05) is 11.1 Å². The first-order chi connectivity index (χ1) is 12.6. The Balaban J connectivity index is 1.89. The van der Waals surface area contributed by atoms with Gasteiger partial charge in [0, 0.05) is 16.7 Å². The Hall–Kier alpha value is -3.07. The average Bonchev–Trinajstić information content (AvgIpc) is 2.99. The highest BCUT2D eigenvalue weighted by Gasteiger charge is 2.36. The monoisotopic (exact) mass is 398 g/mol. The Labute approximate surface area is 155 Å². The van der Waals surface area contributed by atoms with Gasteiger partial charge in [0.1, 0.15) is 0 Å². The molecule has 0 fully saturated rings. The quantitative estimate of drug-likeness (QED) is 0.503. The van der Waals surface area contributed by atoms with Gasteiger partial charge in [-0.05, 0) is 42.5 Å². The number of alkyl halides is 3. The second-order valence-corrected chi connectivity index (χ2v) is 5.93. The molecule has 0 aliphatic carbocycles. The number of halogens is 5. The number of rotatable bonds is 3. The van der Waals surface area contributed by atoms with E-state index in [0.29, 0.717) is 15.3 Å². The molecule has 1 aromatic heterocycles. The number of anilines is 2. The Morgan fingerprint density at radius 2 is 1.78 bits per heavy atom. The second kappa shape index (κ2) is 6.92. The zero-order valence-electron chi connectivity index (χ0n) is 13.4. The number of nitrogens with zero attached hydrogens (tertiary/aromatic N) is 2. The summed E-state index contributed by atoms with van der Waals surface area (Å²) in [7, 11) is 0. The molecule has 3 aromatic rings. The minimum Gasteiger partial charge on any atom is -0.397 e. The first kappa shape index (κ1) is 18.7. The third-order valence-corrected chi connectivity index (χ3v) is 3.86. The lowest BCUT2D eigenvalue weighted by molar-refractivity contribution is -0.142. The van der Waals surface area contributed by atoms with Gasteiger partial charge in [0.2, 0.25) is 5.95 Å². The summed E-state index contributed by atoms with van der Waals surface area (Å²) in [5.41, 5.74) is 4.92. The molecule has 0 bridgehead atoms. The van der Waals surface area contributed by atoms with Crippen molar-refractivity contribution >= 4 is 28.9 Å². The Bertz CT molecular complexity index is 999. The molecule has 0 aliphatic rings. The van der Waals surface area contributed by atoms with Crippen molar-refractivity contribution < 1.29 is 22.4 Å². The fraction of sp³-hybridized carbons (Fsp3) is 0.0588. The fourth-order valence-electron chi connectivity index (χ4n) is 2.34. The van der Waals surface area contributed by atoms with Crippen LogP contribution in [0.5, 0.6) is 0 Å². The Kier molecular flexibility index (Phi) is 4.79. The zero-order valence-corrected chi connectivity index (χ0v) is 14.1. The number of hydrogen-bond donors (Lipinski definition) is 2. The Morgan fingerprint density at radius 1 is 1.11 bits per heavy atom. The van der Waals surface area contributed by atoms with Gasteiger partial charge in [-0.15, -0.1) is 5.10 Å². The van der Waals surface area contributed by atoms with Crippen LogP contribution in [-0.4, -0.2) is 15.7 Å². The summed E-state index contributed by atoms with van der Waals surface area (Å²) >= 11 is 5.76. The van der Waals surface area contributed by atoms with Crippen LogP contribution < -0.4 is 11.1 Å². The van der Waals surface area contributed by atoms with Crippen LogP contribution >= 0.6 is 11.6 Å². The van der Waals surface area contributed by atoms with Crippen molar-refractivity contribution in [3.8, 4) is 5.69 Å². The molecule has 2 aromatic carbocycles. The molecule has 1 heterocycles. The predicted molar refractivity (Wildman–Crippen MR) is 92.3 cm³/mol. The minimum absolute atomic E-state index is 0.0150. The highest BCUT2D eigenvalue weighted by molar-refractivity contribution is 6.30. The van der Waals surface area contributed by atoms with Crippen LogP contribution in [0.1, 0.15) is 16.1 Å². The van der Waals surface area contributed by atoms with Crippen LogP contribution in [0.25, 0.3) is 5.69 Å². The maximum Gasteiger partial charge on any atom is 0.433 e. The maximum atomic E-state index is 13.2. The van der Waals surface area contributed by atoms with E-state index in [0.717, 1.165) is 6.07 Å². The molecule has 0 radical (unpaired) electrons. The molecule has 0 atom stereocenters. The zero-order chi connectivity index (χ0) is 19.8. The van der Waals surface area contributed by atoms with Gasteiger partial charge in [-0.1, -0.05) is 11.6 Å². The summed E-state index contributed by atoms with van der Waals surface area (Å²) in [5, 5.41) is 6.21. The van der Waals surface area contributed by atoms with Crippen LogP contribution in [-0.2, 0) is 6.18 Å². The molecule has 0 saturated heterocycles. The summed E-state index contributed by atoms with van der Waals surface area (Å²) in [5.74, 6) is -1.76. The fourth-order valence-corrected chi connectivity index (χ4v) is 2.47. The van der Waals surface area contributed by atoms with Gasteiger partial charge in [-0.3, -0.25) is 4.79 Å². The van der Waals surface area contributed by atoms with E-state index in [9.17, 15) is 22.4 Å². The van der Waals surface area contributed by atoms with Crippen LogP contribution in [0.4, 0.5) is 28.9 Å². The topological polar surface area (TPSA) is 72.9 Å². The summed E-state index contributed by atoms with van der Waals surface area (Å²) < 4.78 is 52.6. The number of amides is 1. The van der Waals surface area contributed by atoms with E-state index in [4.69, 9.17) is 17.3 Å². The molecule has 3 rings (SSSR count). The standard InChI is InChI=1S/C17H11ClF4N4O/c18-10-3-1-9(2-4-10)16(27)24-13-6-5-11(7-12(13)23)26-14(17(20,21)22)8-15(19)25-26/h1-8H,23H2,(H,24,27). The lowest BCUT2D eigenvalue weighted by atomic mass is 10.2. The van der Waals surface area contributed by atoms with Crippen molar-refractivity contribution in [3.63, 3.8) is 0 Å². The van der Waals surface area contributed by atoms with Gasteiger partial charge in [0.05, 0.1) is 17.1 Å². The number of nitrogen functional groups attached to an aromatic ring is 1. The van der Waals surface area contributed by atoms with Gasteiger partial charge in [0.25, 0.3) is 5.91 Å². The van der Waals surface area contributed by atoms with E-state index >= 15 is 0 Å². The van der Waals surface area contributed by atoms with Crippen LogP contribution in [0.15, 0.2) is 48.5 Å². The van der Waals surface area contributed by atoms with E-state index in [2.05, 4.69) is 10.4 Å².